The van der Waals surface area contributed by atoms with Gasteiger partial charge in [0.1, 0.15) is 0 Å². The minimum absolute atomic E-state index is 0.104. The average molecular weight is 293 g/mol. The Kier molecular flexibility index (Phi) is 3.95. The molecule has 5 heteroatoms. The molecule has 5 nitrogen and oxygen atoms in total. The second-order valence-electron chi connectivity index (χ2n) is 7.25. The first kappa shape index (κ1) is 14.8. The predicted molar refractivity (Wildman–Crippen MR) is 80.4 cm³/mol. The summed E-state index contributed by atoms with van der Waals surface area (Å²) in [6.07, 6.45) is 5.91. The monoisotopic (exact) mass is 293 g/mol. The van der Waals surface area contributed by atoms with E-state index >= 15 is 0 Å². The van der Waals surface area contributed by atoms with Gasteiger partial charge in [-0.1, -0.05) is 19.8 Å². The molecule has 118 valence electrons. The third-order valence-electron chi connectivity index (χ3n) is 5.26. The standard InChI is InChI=1S/C16H27N3O2/c1-12-3-2-6-16(17,11-12)15(21)19-9-7-18(8-10-19)14(20)13-4-5-13/h12-13H,2-11,17H2,1H3. The molecule has 3 fully saturated rings. The molecule has 0 spiro atoms. The SMILES string of the molecule is CC1CCCC(N)(C(=O)N2CCN(C(=O)C3CC3)CC2)C1. The van der Waals surface area contributed by atoms with E-state index < -0.39 is 5.54 Å². The highest BCUT2D eigenvalue weighted by Crippen LogP contribution is 2.33. The van der Waals surface area contributed by atoms with Gasteiger partial charge in [-0.25, -0.2) is 0 Å². The van der Waals surface area contributed by atoms with Gasteiger partial charge in [-0.05, 0) is 31.6 Å². The van der Waals surface area contributed by atoms with Crippen molar-refractivity contribution in [2.24, 2.45) is 17.6 Å². The van der Waals surface area contributed by atoms with E-state index in [9.17, 15) is 9.59 Å². The summed E-state index contributed by atoms with van der Waals surface area (Å²) in [5, 5.41) is 0. The van der Waals surface area contributed by atoms with Gasteiger partial charge in [0.15, 0.2) is 0 Å². The molecule has 3 rings (SSSR count). The number of hydrogen-bond acceptors (Lipinski definition) is 3. The van der Waals surface area contributed by atoms with Crippen LogP contribution >= 0.6 is 0 Å². The van der Waals surface area contributed by atoms with Crippen LogP contribution in [0.1, 0.15) is 45.4 Å². The Labute approximate surface area is 126 Å². The number of hydrogen-bond donors (Lipinski definition) is 1. The lowest BCUT2D eigenvalue weighted by molar-refractivity contribution is -0.144. The van der Waals surface area contributed by atoms with Crippen molar-refractivity contribution in [3.8, 4) is 0 Å². The molecule has 2 aliphatic carbocycles. The van der Waals surface area contributed by atoms with Crippen molar-refractivity contribution in [1.29, 1.82) is 0 Å². The average Bonchev–Trinajstić information content (AvgIpc) is 3.30. The van der Waals surface area contributed by atoms with Gasteiger partial charge in [0.05, 0.1) is 5.54 Å². The summed E-state index contributed by atoms with van der Waals surface area (Å²) >= 11 is 0. The highest BCUT2D eigenvalue weighted by atomic mass is 16.2. The van der Waals surface area contributed by atoms with E-state index in [1.165, 1.54) is 6.42 Å². The first-order chi connectivity index (χ1) is 9.99. The topological polar surface area (TPSA) is 66.6 Å². The van der Waals surface area contributed by atoms with E-state index in [-0.39, 0.29) is 17.7 Å². The molecule has 3 aliphatic rings. The number of carbonyl (C=O) groups excluding carboxylic acids is 2. The quantitative estimate of drug-likeness (QED) is 0.825. The molecule has 2 atom stereocenters. The highest BCUT2D eigenvalue weighted by Gasteiger charge is 2.42. The Hall–Kier alpha value is -1.10. The smallest absolute Gasteiger partial charge is 0.242 e. The van der Waals surface area contributed by atoms with Crippen molar-refractivity contribution in [3.63, 3.8) is 0 Å². The van der Waals surface area contributed by atoms with E-state index in [4.69, 9.17) is 5.73 Å². The second-order valence-corrected chi connectivity index (χ2v) is 7.25. The number of nitrogens with two attached hydrogens (primary N) is 1. The van der Waals surface area contributed by atoms with Crippen molar-refractivity contribution >= 4 is 11.8 Å². The van der Waals surface area contributed by atoms with Crippen LogP contribution in [0.4, 0.5) is 0 Å². The molecule has 2 N–H and O–H groups in total. The van der Waals surface area contributed by atoms with Crippen LogP contribution < -0.4 is 5.73 Å². The van der Waals surface area contributed by atoms with Crippen molar-refractivity contribution < 1.29 is 9.59 Å². The first-order valence-electron chi connectivity index (χ1n) is 8.37. The van der Waals surface area contributed by atoms with Crippen molar-refractivity contribution in [2.75, 3.05) is 26.2 Å². The van der Waals surface area contributed by atoms with Crippen LogP contribution in [0.5, 0.6) is 0 Å². The van der Waals surface area contributed by atoms with Gasteiger partial charge in [-0.15, -0.1) is 0 Å². The van der Waals surface area contributed by atoms with Crippen LogP contribution in [0, 0.1) is 11.8 Å². The third-order valence-corrected chi connectivity index (χ3v) is 5.26. The fraction of sp³-hybridized carbons (Fsp3) is 0.875. The van der Waals surface area contributed by atoms with Crippen LogP contribution in [0.15, 0.2) is 0 Å². The van der Waals surface area contributed by atoms with E-state index in [0.29, 0.717) is 32.1 Å². The van der Waals surface area contributed by atoms with Gasteiger partial charge >= 0.3 is 0 Å². The molecule has 2 saturated carbocycles. The molecule has 2 amide bonds. The molecular formula is C16H27N3O2. The summed E-state index contributed by atoms with van der Waals surface area (Å²) in [5.74, 6) is 1.20. The fourth-order valence-corrected chi connectivity index (χ4v) is 3.82. The second kappa shape index (κ2) is 5.59. The minimum Gasteiger partial charge on any atom is -0.339 e. The van der Waals surface area contributed by atoms with Gasteiger partial charge in [0, 0.05) is 32.1 Å². The molecule has 0 aromatic rings. The molecule has 1 aliphatic heterocycles. The Morgan fingerprint density at radius 3 is 2.24 bits per heavy atom. The predicted octanol–water partition coefficient (Wildman–Crippen LogP) is 0.975. The molecular weight excluding hydrogens is 266 g/mol. The van der Waals surface area contributed by atoms with E-state index in [0.717, 1.165) is 32.1 Å². The van der Waals surface area contributed by atoms with E-state index in [2.05, 4.69) is 6.92 Å². The van der Waals surface area contributed by atoms with Gasteiger partial charge in [0.25, 0.3) is 0 Å². The zero-order valence-corrected chi connectivity index (χ0v) is 13.0. The first-order valence-corrected chi connectivity index (χ1v) is 8.37. The molecule has 0 radical (unpaired) electrons. The molecule has 0 aromatic carbocycles. The summed E-state index contributed by atoms with van der Waals surface area (Å²) in [4.78, 5) is 28.6. The van der Waals surface area contributed by atoms with Gasteiger partial charge < -0.3 is 15.5 Å². The summed E-state index contributed by atoms with van der Waals surface area (Å²) < 4.78 is 0. The molecule has 0 bridgehead atoms. The summed E-state index contributed by atoms with van der Waals surface area (Å²) in [6, 6.07) is 0. The van der Waals surface area contributed by atoms with Crippen LogP contribution in [-0.4, -0.2) is 53.3 Å². The lowest BCUT2D eigenvalue weighted by atomic mass is 9.76. The third kappa shape index (κ3) is 3.07. The van der Waals surface area contributed by atoms with Crippen LogP contribution in [-0.2, 0) is 9.59 Å². The molecule has 2 unspecified atom stereocenters. The minimum atomic E-state index is -0.666. The number of piperazine rings is 1. The van der Waals surface area contributed by atoms with Crippen LogP contribution in [0.25, 0.3) is 0 Å². The Morgan fingerprint density at radius 2 is 1.67 bits per heavy atom. The van der Waals surface area contributed by atoms with Crippen molar-refractivity contribution in [1.82, 2.24) is 9.80 Å². The largest absolute Gasteiger partial charge is 0.339 e. The van der Waals surface area contributed by atoms with Crippen LogP contribution in [0.2, 0.25) is 0 Å². The lowest BCUT2D eigenvalue weighted by Crippen LogP contribution is -2.61. The fourth-order valence-electron chi connectivity index (χ4n) is 3.82. The number of amides is 2. The summed E-state index contributed by atoms with van der Waals surface area (Å²) in [7, 11) is 0. The van der Waals surface area contributed by atoms with Gasteiger partial charge in [-0.2, -0.15) is 0 Å². The van der Waals surface area contributed by atoms with E-state index in [1.54, 1.807) is 0 Å². The maximum Gasteiger partial charge on any atom is 0.242 e. The maximum atomic E-state index is 12.7. The number of rotatable bonds is 2. The molecule has 0 aromatic heterocycles. The number of carbonyl (C=O) groups is 2. The zero-order chi connectivity index (χ0) is 15.0. The van der Waals surface area contributed by atoms with Gasteiger partial charge in [0.2, 0.25) is 11.8 Å². The normalized spacial score (nSPS) is 33.9. The summed E-state index contributed by atoms with van der Waals surface area (Å²) in [5.41, 5.74) is 5.74. The highest BCUT2D eigenvalue weighted by molar-refractivity contribution is 5.87. The summed E-state index contributed by atoms with van der Waals surface area (Å²) in [6.45, 7) is 4.81. The van der Waals surface area contributed by atoms with E-state index in [1.807, 2.05) is 9.80 Å². The maximum absolute atomic E-state index is 12.7. The molecule has 1 heterocycles. The van der Waals surface area contributed by atoms with Crippen molar-refractivity contribution in [2.45, 2.75) is 51.0 Å². The van der Waals surface area contributed by atoms with Crippen molar-refractivity contribution in [3.05, 3.63) is 0 Å². The molecule has 1 saturated heterocycles. The molecule has 21 heavy (non-hydrogen) atoms. The number of nitrogens with zero attached hydrogens (tertiary/aromatic N) is 2. The zero-order valence-electron chi connectivity index (χ0n) is 13.0. The lowest BCUT2D eigenvalue weighted by Gasteiger charge is -2.42. The Bertz CT molecular complexity index is 427. The van der Waals surface area contributed by atoms with Gasteiger partial charge in [-0.3, -0.25) is 9.59 Å². The Balaban J connectivity index is 1.55. The van der Waals surface area contributed by atoms with Crippen LogP contribution in [0.3, 0.4) is 0 Å². The Morgan fingerprint density at radius 1 is 1.05 bits per heavy atom.